The lowest BCUT2D eigenvalue weighted by atomic mass is 10.2. The maximum Gasteiger partial charge on any atom is 0.259 e. The highest BCUT2D eigenvalue weighted by Gasteiger charge is 2.41. The van der Waals surface area contributed by atoms with Crippen LogP contribution in [0.15, 0.2) is 16.9 Å². The van der Waals surface area contributed by atoms with Gasteiger partial charge >= 0.3 is 0 Å². The van der Waals surface area contributed by atoms with Crippen LogP contribution in [0.3, 0.4) is 0 Å². The summed E-state index contributed by atoms with van der Waals surface area (Å²) in [5.41, 5.74) is 2.53. The van der Waals surface area contributed by atoms with Crippen LogP contribution in [-0.4, -0.2) is 30.9 Å². The van der Waals surface area contributed by atoms with Gasteiger partial charge in [0.1, 0.15) is 0 Å². The molecular weight excluding hydrogens is 348 g/mol. The monoisotopic (exact) mass is 364 g/mol. The van der Waals surface area contributed by atoms with Gasteiger partial charge in [0.2, 0.25) is 0 Å². The molecule has 8 heteroatoms. The van der Waals surface area contributed by atoms with Gasteiger partial charge < -0.3 is 5.11 Å². The van der Waals surface area contributed by atoms with Crippen LogP contribution >= 0.6 is 22.9 Å². The number of aliphatic hydroxyl groups excluding tert-OH is 1. The molecule has 1 fully saturated rings. The van der Waals surface area contributed by atoms with E-state index < -0.39 is 0 Å². The molecular formula is C16H17ClN4O2S. The number of aliphatic hydroxyl groups is 1. The average molecular weight is 365 g/mol. The van der Waals surface area contributed by atoms with Crippen LogP contribution in [0.1, 0.15) is 34.3 Å². The maximum absolute atomic E-state index is 12.7. The SMILES string of the molecule is Cc1sc2nc(Cn3nc(Cl)cc3C)cc(=O)n2c1[C@@H]1C[C@H]1CO. The summed E-state index contributed by atoms with van der Waals surface area (Å²) in [4.78, 5) is 19.1. The van der Waals surface area contributed by atoms with Gasteiger partial charge in [-0.3, -0.25) is 13.9 Å². The van der Waals surface area contributed by atoms with Crippen molar-refractivity contribution in [2.75, 3.05) is 6.61 Å². The minimum absolute atomic E-state index is 0.0751. The molecule has 0 radical (unpaired) electrons. The Balaban J connectivity index is 1.76. The molecule has 0 bridgehead atoms. The lowest BCUT2D eigenvalue weighted by molar-refractivity contribution is 0.273. The Kier molecular flexibility index (Phi) is 3.74. The lowest BCUT2D eigenvalue weighted by Gasteiger charge is -2.05. The summed E-state index contributed by atoms with van der Waals surface area (Å²) in [6, 6.07) is 3.34. The third kappa shape index (κ3) is 2.56. The van der Waals surface area contributed by atoms with Crippen LogP contribution in [0.4, 0.5) is 0 Å². The van der Waals surface area contributed by atoms with Crippen molar-refractivity contribution in [3.05, 3.63) is 49.6 Å². The minimum atomic E-state index is -0.0751. The van der Waals surface area contributed by atoms with E-state index in [0.29, 0.717) is 22.4 Å². The number of thiazole rings is 1. The van der Waals surface area contributed by atoms with Crippen molar-refractivity contribution in [2.24, 2.45) is 5.92 Å². The predicted octanol–water partition coefficient (Wildman–Crippen LogP) is 2.37. The van der Waals surface area contributed by atoms with E-state index in [1.54, 1.807) is 21.2 Å². The summed E-state index contributed by atoms with van der Waals surface area (Å²) in [6.45, 7) is 4.51. The molecule has 3 heterocycles. The zero-order valence-electron chi connectivity index (χ0n) is 13.4. The minimum Gasteiger partial charge on any atom is -0.396 e. The molecule has 0 aromatic carbocycles. The van der Waals surface area contributed by atoms with Crippen molar-refractivity contribution in [1.82, 2.24) is 19.2 Å². The normalized spacial score (nSPS) is 20.0. The van der Waals surface area contributed by atoms with Crippen molar-refractivity contribution >= 4 is 27.9 Å². The van der Waals surface area contributed by atoms with Crippen LogP contribution in [0.2, 0.25) is 5.15 Å². The van der Waals surface area contributed by atoms with E-state index in [9.17, 15) is 9.90 Å². The number of halogens is 1. The van der Waals surface area contributed by atoms with Crippen LogP contribution in [-0.2, 0) is 6.54 Å². The highest BCUT2D eigenvalue weighted by atomic mass is 35.5. The summed E-state index contributed by atoms with van der Waals surface area (Å²) in [5.74, 6) is 0.531. The van der Waals surface area contributed by atoms with E-state index in [4.69, 9.17) is 11.6 Å². The van der Waals surface area contributed by atoms with E-state index in [0.717, 1.165) is 22.7 Å². The van der Waals surface area contributed by atoms with Gasteiger partial charge in [-0.2, -0.15) is 5.10 Å². The number of fused-ring (bicyclic) bond motifs is 1. The predicted molar refractivity (Wildman–Crippen MR) is 93.1 cm³/mol. The smallest absolute Gasteiger partial charge is 0.259 e. The number of rotatable bonds is 4. The molecule has 126 valence electrons. The Bertz CT molecular complexity index is 990. The molecule has 1 aliphatic carbocycles. The third-order valence-corrected chi connectivity index (χ3v) is 5.71. The molecule has 0 unspecified atom stereocenters. The Hall–Kier alpha value is -1.70. The quantitative estimate of drug-likeness (QED) is 0.771. The van der Waals surface area contributed by atoms with E-state index in [1.165, 1.54) is 11.3 Å². The van der Waals surface area contributed by atoms with Crippen molar-refractivity contribution < 1.29 is 5.11 Å². The topological polar surface area (TPSA) is 72.4 Å². The number of aryl methyl sites for hydroxylation is 2. The fraction of sp³-hybridized carbons (Fsp3) is 0.438. The molecule has 4 rings (SSSR count). The zero-order valence-corrected chi connectivity index (χ0v) is 14.9. The first-order valence-electron chi connectivity index (χ1n) is 7.80. The molecule has 1 N–H and O–H groups in total. The number of aromatic nitrogens is 4. The zero-order chi connectivity index (χ0) is 17.0. The van der Waals surface area contributed by atoms with Crippen LogP contribution in [0, 0.1) is 19.8 Å². The summed E-state index contributed by atoms with van der Waals surface area (Å²) < 4.78 is 3.44. The van der Waals surface area contributed by atoms with Gasteiger partial charge in [-0.05, 0) is 32.3 Å². The first kappa shape index (κ1) is 15.8. The number of hydrogen-bond donors (Lipinski definition) is 1. The van der Waals surface area contributed by atoms with Crippen LogP contribution in [0.5, 0.6) is 0 Å². The Morgan fingerprint density at radius 2 is 2.21 bits per heavy atom. The largest absolute Gasteiger partial charge is 0.396 e. The summed E-state index contributed by atoms with van der Waals surface area (Å²) in [7, 11) is 0. The third-order valence-electron chi connectivity index (χ3n) is 4.56. The fourth-order valence-corrected chi connectivity index (χ4v) is 4.53. The van der Waals surface area contributed by atoms with Gasteiger partial charge in [0.15, 0.2) is 10.1 Å². The highest BCUT2D eigenvalue weighted by molar-refractivity contribution is 7.17. The Morgan fingerprint density at radius 3 is 2.83 bits per heavy atom. The van der Waals surface area contributed by atoms with Gasteiger partial charge in [-0.25, -0.2) is 4.98 Å². The standard InChI is InChI=1S/C16H17ClN4O2S/c1-8-3-13(17)19-20(8)6-11-5-14(23)21-15(12-4-10(12)7-22)9(2)24-16(21)18-11/h3,5,10,12,22H,4,6-7H2,1-2H3/t10-,12+/m0/s1. The van der Waals surface area contributed by atoms with Crippen molar-refractivity contribution in [3.63, 3.8) is 0 Å². The van der Waals surface area contributed by atoms with Gasteiger partial charge in [0, 0.05) is 34.9 Å². The summed E-state index contributed by atoms with van der Waals surface area (Å²) >= 11 is 7.44. The van der Waals surface area contributed by atoms with Gasteiger partial charge in [-0.1, -0.05) is 11.6 Å². The van der Waals surface area contributed by atoms with Gasteiger partial charge in [-0.15, -0.1) is 11.3 Å². The number of nitrogens with zero attached hydrogens (tertiary/aromatic N) is 4. The van der Waals surface area contributed by atoms with Crippen molar-refractivity contribution in [3.8, 4) is 0 Å². The molecule has 0 saturated heterocycles. The second kappa shape index (κ2) is 5.68. The average Bonchev–Trinajstić information content (AvgIpc) is 3.11. The summed E-state index contributed by atoms with van der Waals surface area (Å²) in [6.07, 6.45) is 0.933. The first-order chi connectivity index (χ1) is 11.5. The molecule has 3 aromatic heterocycles. The summed E-state index contributed by atoms with van der Waals surface area (Å²) in [5, 5.41) is 14.0. The van der Waals surface area contributed by atoms with Crippen LogP contribution < -0.4 is 5.56 Å². The van der Waals surface area contributed by atoms with Crippen molar-refractivity contribution in [1.29, 1.82) is 0 Å². The molecule has 6 nitrogen and oxygen atoms in total. The maximum atomic E-state index is 12.7. The molecule has 0 aliphatic heterocycles. The molecule has 1 aliphatic rings. The van der Waals surface area contributed by atoms with E-state index >= 15 is 0 Å². The number of hydrogen-bond acceptors (Lipinski definition) is 5. The van der Waals surface area contributed by atoms with Crippen molar-refractivity contribution in [2.45, 2.75) is 32.7 Å². The van der Waals surface area contributed by atoms with E-state index in [-0.39, 0.29) is 24.0 Å². The molecule has 0 spiro atoms. The first-order valence-corrected chi connectivity index (χ1v) is 9.00. The lowest BCUT2D eigenvalue weighted by Crippen LogP contribution is -2.18. The van der Waals surface area contributed by atoms with Gasteiger partial charge in [0.05, 0.1) is 12.2 Å². The van der Waals surface area contributed by atoms with E-state index in [2.05, 4.69) is 10.1 Å². The molecule has 3 aromatic rings. The Morgan fingerprint density at radius 1 is 1.42 bits per heavy atom. The fourth-order valence-electron chi connectivity index (χ4n) is 3.22. The molecule has 2 atom stereocenters. The van der Waals surface area contributed by atoms with Gasteiger partial charge in [0.25, 0.3) is 5.56 Å². The highest BCUT2D eigenvalue weighted by Crippen LogP contribution is 2.49. The molecule has 24 heavy (non-hydrogen) atoms. The molecule has 0 amide bonds. The van der Waals surface area contributed by atoms with Crippen LogP contribution in [0.25, 0.3) is 4.96 Å². The van der Waals surface area contributed by atoms with E-state index in [1.807, 2.05) is 13.8 Å². The molecule has 1 saturated carbocycles. The second-order valence-electron chi connectivity index (χ2n) is 6.30. The second-order valence-corrected chi connectivity index (χ2v) is 7.87. The Labute approximate surface area is 147 Å².